The molecule has 0 aromatic rings. The van der Waals surface area contributed by atoms with Crippen LogP contribution in [0.25, 0.3) is 0 Å². The zero-order valence-corrected chi connectivity index (χ0v) is 19.4. The number of rotatable bonds is 18. The fraction of sp³-hybridized carbons (Fsp3) is 0.783. The van der Waals surface area contributed by atoms with Crippen LogP contribution >= 0.6 is 0 Å². The molecule has 0 heterocycles. The lowest BCUT2D eigenvalue weighted by molar-refractivity contribution is -0.144. The van der Waals surface area contributed by atoms with Gasteiger partial charge in [0.05, 0.1) is 6.10 Å². The first kappa shape index (κ1) is 28.9. The van der Waals surface area contributed by atoms with E-state index in [2.05, 4.69) is 17.6 Å². The third-order valence-electron chi connectivity index (χ3n) is 5.09. The molecule has 180 valence electrons. The Morgan fingerprint density at radius 2 is 1.29 bits per heavy atom. The minimum absolute atomic E-state index is 0.185. The molecule has 2 amide bonds. The van der Waals surface area contributed by atoms with Gasteiger partial charge in [-0.3, -0.25) is 9.59 Å². The summed E-state index contributed by atoms with van der Waals surface area (Å²) < 4.78 is 0. The Morgan fingerprint density at radius 1 is 0.774 bits per heavy atom. The summed E-state index contributed by atoms with van der Waals surface area (Å²) in [5.41, 5.74) is -0.346. The van der Waals surface area contributed by atoms with Crippen LogP contribution in [0.4, 0.5) is 0 Å². The topological polar surface area (TPSA) is 136 Å². The molecular formula is C23H42N2O6. The van der Waals surface area contributed by atoms with Crippen LogP contribution in [0.2, 0.25) is 0 Å². The number of amides is 2. The Morgan fingerprint density at radius 3 is 1.77 bits per heavy atom. The first-order valence-electron chi connectivity index (χ1n) is 11.7. The molecule has 0 aliphatic carbocycles. The first-order chi connectivity index (χ1) is 14.7. The second kappa shape index (κ2) is 17.6. The lowest BCUT2D eigenvalue weighted by atomic mass is 10.1. The molecular weight excluding hydrogens is 400 g/mol. The summed E-state index contributed by atoms with van der Waals surface area (Å²) in [7, 11) is 0. The third kappa shape index (κ3) is 13.8. The van der Waals surface area contributed by atoms with Crippen LogP contribution in [-0.4, -0.2) is 45.2 Å². The lowest BCUT2D eigenvalue weighted by Crippen LogP contribution is -2.50. The van der Waals surface area contributed by atoms with E-state index in [0.29, 0.717) is 12.8 Å². The quantitative estimate of drug-likeness (QED) is 0.124. The predicted octanol–water partition coefficient (Wildman–Crippen LogP) is 3.93. The smallest absolute Gasteiger partial charge is 0.328 e. The molecule has 0 aromatic heterocycles. The molecule has 8 nitrogen and oxygen atoms in total. The maximum atomic E-state index is 12.5. The molecule has 2 unspecified atom stereocenters. The van der Waals surface area contributed by atoms with Gasteiger partial charge in [-0.25, -0.2) is 4.79 Å². The highest BCUT2D eigenvalue weighted by molar-refractivity contribution is 5.99. The number of aliphatic hydroxyl groups excluding tert-OH is 2. The van der Waals surface area contributed by atoms with Gasteiger partial charge in [0.1, 0.15) is 11.5 Å². The van der Waals surface area contributed by atoms with Crippen molar-refractivity contribution in [3.8, 4) is 0 Å². The number of unbranched alkanes of at least 4 members (excludes halogenated alkanes) is 9. The van der Waals surface area contributed by atoms with Gasteiger partial charge in [0, 0.05) is 12.8 Å². The largest absolute Gasteiger partial charge is 0.510 e. The van der Waals surface area contributed by atoms with Crippen molar-refractivity contribution in [2.24, 2.45) is 0 Å². The fourth-order valence-corrected chi connectivity index (χ4v) is 3.13. The number of hydrogen-bond donors (Lipinski definition) is 5. The van der Waals surface area contributed by atoms with Gasteiger partial charge in [-0.2, -0.15) is 0 Å². The number of aliphatic hydroxyl groups is 2. The summed E-state index contributed by atoms with van der Waals surface area (Å²) in [5, 5.41) is 33.6. The van der Waals surface area contributed by atoms with Crippen molar-refractivity contribution in [2.45, 2.75) is 116 Å². The molecule has 0 spiro atoms. The van der Waals surface area contributed by atoms with Crippen molar-refractivity contribution >= 4 is 17.8 Å². The molecule has 0 aromatic carbocycles. The minimum atomic E-state index is -1.55. The van der Waals surface area contributed by atoms with Gasteiger partial charge in [0.2, 0.25) is 5.91 Å². The van der Waals surface area contributed by atoms with Crippen LogP contribution in [0, 0.1) is 0 Å². The Balaban J connectivity index is 4.68. The van der Waals surface area contributed by atoms with Gasteiger partial charge < -0.3 is 26.0 Å². The standard InChI is InChI=1S/C23H42N2O6/c1-4-6-8-9-10-11-12-13-14-16-19(28)24-21(18(27)15-7-5-2)22(29)25-20(17(3)26)23(30)31/h17,20,26-27H,4-16H2,1-3H3,(H,24,28)(H,25,29)(H,30,31)/b21-18+. The average molecular weight is 443 g/mol. The van der Waals surface area contributed by atoms with Crippen LogP contribution in [0.1, 0.15) is 104 Å². The Labute approximate surface area is 186 Å². The number of carboxylic acids is 1. The highest BCUT2D eigenvalue weighted by Crippen LogP contribution is 2.12. The molecule has 0 aliphatic rings. The summed E-state index contributed by atoms with van der Waals surface area (Å²) >= 11 is 0. The van der Waals surface area contributed by atoms with Crippen molar-refractivity contribution in [2.75, 3.05) is 0 Å². The summed E-state index contributed by atoms with van der Waals surface area (Å²) in [5.74, 6) is -3.03. The Bertz CT molecular complexity index is 574. The molecule has 31 heavy (non-hydrogen) atoms. The molecule has 0 radical (unpaired) electrons. The summed E-state index contributed by atoms with van der Waals surface area (Å²) in [4.78, 5) is 36.0. The van der Waals surface area contributed by atoms with E-state index >= 15 is 0 Å². The molecule has 0 fully saturated rings. The summed E-state index contributed by atoms with van der Waals surface area (Å²) in [6.45, 7) is 5.35. The van der Waals surface area contributed by atoms with Crippen LogP contribution in [0.3, 0.4) is 0 Å². The monoisotopic (exact) mass is 442 g/mol. The third-order valence-corrected chi connectivity index (χ3v) is 5.09. The predicted molar refractivity (Wildman–Crippen MR) is 120 cm³/mol. The first-order valence-corrected chi connectivity index (χ1v) is 11.7. The van der Waals surface area contributed by atoms with Crippen molar-refractivity contribution in [3.63, 3.8) is 0 Å². The fourth-order valence-electron chi connectivity index (χ4n) is 3.13. The van der Waals surface area contributed by atoms with Crippen molar-refractivity contribution < 1.29 is 29.7 Å². The minimum Gasteiger partial charge on any atom is -0.510 e. The summed E-state index contributed by atoms with van der Waals surface area (Å²) in [6, 6.07) is -1.55. The van der Waals surface area contributed by atoms with E-state index in [-0.39, 0.29) is 24.3 Å². The molecule has 8 heteroatoms. The number of aliphatic carboxylic acids is 1. The van der Waals surface area contributed by atoms with E-state index < -0.39 is 29.9 Å². The van der Waals surface area contributed by atoms with E-state index in [9.17, 15) is 24.6 Å². The molecule has 0 saturated carbocycles. The maximum Gasteiger partial charge on any atom is 0.328 e. The van der Waals surface area contributed by atoms with Crippen molar-refractivity contribution in [1.82, 2.24) is 10.6 Å². The van der Waals surface area contributed by atoms with Crippen LogP contribution in [0.5, 0.6) is 0 Å². The second-order valence-corrected chi connectivity index (χ2v) is 8.08. The molecule has 0 bridgehead atoms. The molecule has 0 rings (SSSR count). The van der Waals surface area contributed by atoms with E-state index in [0.717, 1.165) is 25.7 Å². The zero-order valence-electron chi connectivity index (χ0n) is 19.4. The average Bonchev–Trinajstić information content (AvgIpc) is 2.72. The van der Waals surface area contributed by atoms with E-state index in [1.807, 2.05) is 6.92 Å². The van der Waals surface area contributed by atoms with Crippen molar-refractivity contribution in [1.29, 1.82) is 0 Å². The Kier molecular flexibility index (Phi) is 16.4. The number of nitrogens with one attached hydrogen (secondary N) is 2. The number of hydrogen-bond acceptors (Lipinski definition) is 5. The van der Waals surface area contributed by atoms with Gasteiger partial charge in [-0.05, 0) is 19.8 Å². The van der Waals surface area contributed by atoms with Crippen LogP contribution in [-0.2, 0) is 14.4 Å². The van der Waals surface area contributed by atoms with E-state index in [4.69, 9.17) is 5.11 Å². The van der Waals surface area contributed by atoms with Gasteiger partial charge >= 0.3 is 5.97 Å². The number of carbonyl (C=O) groups is 3. The van der Waals surface area contributed by atoms with Gasteiger partial charge in [-0.1, -0.05) is 71.6 Å². The van der Waals surface area contributed by atoms with Gasteiger partial charge in [-0.15, -0.1) is 0 Å². The molecule has 0 aliphatic heterocycles. The molecule has 0 saturated heterocycles. The summed E-state index contributed by atoms with van der Waals surface area (Å²) in [6.07, 6.45) is 10.5. The van der Waals surface area contributed by atoms with Crippen LogP contribution in [0.15, 0.2) is 11.5 Å². The van der Waals surface area contributed by atoms with Crippen molar-refractivity contribution in [3.05, 3.63) is 11.5 Å². The van der Waals surface area contributed by atoms with E-state index in [1.54, 1.807) is 0 Å². The second-order valence-electron chi connectivity index (χ2n) is 8.08. The molecule has 2 atom stereocenters. The van der Waals surface area contributed by atoms with E-state index in [1.165, 1.54) is 39.0 Å². The highest BCUT2D eigenvalue weighted by atomic mass is 16.4. The van der Waals surface area contributed by atoms with Gasteiger partial charge in [0.15, 0.2) is 6.04 Å². The maximum absolute atomic E-state index is 12.5. The highest BCUT2D eigenvalue weighted by Gasteiger charge is 2.28. The van der Waals surface area contributed by atoms with Gasteiger partial charge in [0.25, 0.3) is 5.91 Å². The SMILES string of the molecule is CCCCCCCCCCCC(=O)N/C(C(=O)NC(C(=O)O)C(C)O)=C(/O)CCCC. The lowest BCUT2D eigenvalue weighted by Gasteiger charge is -2.19. The van der Waals surface area contributed by atoms with Crippen LogP contribution < -0.4 is 10.6 Å². The zero-order chi connectivity index (χ0) is 23.6. The normalized spacial score (nSPS) is 13.8. The number of allylic oxidation sites excluding steroid dienone is 1. The number of carbonyl (C=O) groups excluding carboxylic acids is 2. The Hall–Kier alpha value is -2.09. The number of carboxylic acid groups (broad SMARTS) is 1. The molecule has 5 N–H and O–H groups in total.